The average molecular weight is 383 g/mol. The van der Waals surface area contributed by atoms with E-state index in [1.54, 1.807) is 6.20 Å². The minimum atomic E-state index is -0.388. The number of ether oxygens (including phenoxy) is 1. The summed E-state index contributed by atoms with van der Waals surface area (Å²) in [6, 6.07) is 4.40. The van der Waals surface area contributed by atoms with Crippen LogP contribution in [0.3, 0.4) is 0 Å². The molecule has 0 spiro atoms. The van der Waals surface area contributed by atoms with Crippen LogP contribution in [0.15, 0.2) is 28.9 Å². The fourth-order valence-corrected chi connectivity index (χ4v) is 3.43. The van der Waals surface area contributed by atoms with Gasteiger partial charge in [0, 0.05) is 11.9 Å². The number of rotatable bonds is 3. The first-order valence-electron chi connectivity index (χ1n) is 9.58. The molecule has 2 heterocycles. The summed E-state index contributed by atoms with van der Waals surface area (Å²) in [5.41, 5.74) is 4.78. The Labute approximate surface area is 164 Å². The van der Waals surface area contributed by atoms with Crippen LogP contribution < -0.4 is 10.6 Å². The fraction of sp³-hybridized carbons (Fsp3) is 0.450. The number of hydroxylamine groups is 2. The second kappa shape index (κ2) is 7.73. The quantitative estimate of drug-likeness (QED) is 0.695. The smallest absolute Gasteiger partial charge is 0.263 e. The third-order valence-corrected chi connectivity index (χ3v) is 5.06. The highest BCUT2D eigenvalue weighted by molar-refractivity contribution is 6.28. The van der Waals surface area contributed by atoms with Crippen LogP contribution in [0.2, 0.25) is 0 Å². The largest absolute Gasteiger partial charge is 0.377 e. The molecule has 0 unspecified atom stereocenters. The monoisotopic (exact) mass is 383 g/mol. The van der Waals surface area contributed by atoms with Gasteiger partial charge in [-0.3, -0.25) is 20.4 Å². The molecule has 1 aliphatic carbocycles. The van der Waals surface area contributed by atoms with Gasteiger partial charge in [-0.2, -0.15) is 4.99 Å². The van der Waals surface area contributed by atoms with Gasteiger partial charge < -0.3 is 10.1 Å². The van der Waals surface area contributed by atoms with Crippen molar-refractivity contribution in [1.82, 2.24) is 10.4 Å². The van der Waals surface area contributed by atoms with E-state index in [0.29, 0.717) is 32.3 Å². The number of hydrogen-bond donors (Lipinski definition) is 3. The van der Waals surface area contributed by atoms with Gasteiger partial charge in [0.25, 0.3) is 5.91 Å². The number of nitrogens with zero attached hydrogens (tertiary/aromatic N) is 2. The molecule has 28 heavy (non-hydrogen) atoms. The lowest BCUT2D eigenvalue weighted by atomic mass is 10.0. The standard InChI is InChI=1S/C20H25N5O3/c1-12-9-15(14-3-4-14)10-13(2)17(12)22-11-16-18(21)23-20(24-19(16)26)25-5-6-27-7-8-28-25/h9-11,14,22H,3-8H2,1-2H3,(H2,21,23,24,26)/b16-11+. The molecule has 1 saturated heterocycles. The van der Waals surface area contributed by atoms with Gasteiger partial charge in [-0.1, -0.05) is 12.1 Å². The number of anilines is 1. The average Bonchev–Trinajstić information content (AvgIpc) is 3.49. The van der Waals surface area contributed by atoms with Gasteiger partial charge >= 0.3 is 0 Å². The molecule has 0 aromatic heterocycles. The van der Waals surface area contributed by atoms with Crippen molar-refractivity contribution < 1.29 is 14.4 Å². The van der Waals surface area contributed by atoms with E-state index < -0.39 is 0 Å². The van der Waals surface area contributed by atoms with Gasteiger partial charge in [0.2, 0.25) is 5.96 Å². The number of aliphatic imine (C=N–C) groups is 1. The molecule has 3 N–H and O–H groups in total. The van der Waals surface area contributed by atoms with Crippen LogP contribution in [-0.4, -0.2) is 49.1 Å². The van der Waals surface area contributed by atoms with E-state index in [1.165, 1.54) is 23.5 Å². The maximum atomic E-state index is 12.5. The number of guanidine groups is 1. The Hall–Kier alpha value is -2.71. The van der Waals surface area contributed by atoms with Crippen LogP contribution in [0.25, 0.3) is 0 Å². The van der Waals surface area contributed by atoms with Crippen LogP contribution in [0.5, 0.6) is 0 Å². The highest BCUT2D eigenvalue weighted by Gasteiger charge is 2.28. The summed E-state index contributed by atoms with van der Waals surface area (Å²) in [7, 11) is 0. The summed E-state index contributed by atoms with van der Waals surface area (Å²) in [6.07, 6.45) is 4.08. The summed E-state index contributed by atoms with van der Waals surface area (Å²) in [4.78, 5) is 22.2. The summed E-state index contributed by atoms with van der Waals surface area (Å²) in [6.45, 7) is 5.89. The number of aryl methyl sites for hydroxylation is 2. The van der Waals surface area contributed by atoms with Crippen molar-refractivity contribution in [3.05, 3.63) is 40.6 Å². The van der Waals surface area contributed by atoms with Crippen LogP contribution in [-0.2, 0) is 14.4 Å². The second-order valence-electron chi connectivity index (χ2n) is 7.29. The fourth-order valence-electron chi connectivity index (χ4n) is 3.43. The number of nitrogens with one attached hydrogen (secondary N) is 3. The van der Waals surface area contributed by atoms with E-state index >= 15 is 0 Å². The Bertz CT molecular complexity index is 842. The molecule has 1 saturated carbocycles. The molecule has 2 fully saturated rings. The molecule has 148 valence electrons. The number of benzene rings is 1. The first kappa shape index (κ1) is 18.6. The zero-order chi connectivity index (χ0) is 19.7. The molecule has 8 heteroatoms. The Morgan fingerprint density at radius 1 is 1.25 bits per heavy atom. The molecule has 1 aromatic rings. The Balaban J connectivity index is 1.51. The van der Waals surface area contributed by atoms with Gasteiger partial charge in [0.1, 0.15) is 0 Å². The molecule has 2 aliphatic heterocycles. The predicted molar refractivity (Wildman–Crippen MR) is 106 cm³/mol. The summed E-state index contributed by atoms with van der Waals surface area (Å²) in [5.74, 6) is 0.423. The molecular formula is C20H25N5O3. The predicted octanol–water partition coefficient (Wildman–Crippen LogP) is 2.20. The molecule has 0 atom stereocenters. The van der Waals surface area contributed by atoms with E-state index in [4.69, 9.17) is 15.0 Å². The van der Waals surface area contributed by atoms with Crippen molar-refractivity contribution in [3.63, 3.8) is 0 Å². The Morgan fingerprint density at radius 3 is 2.68 bits per heavy atom. The van der Waals surface area contributed by atoms with Gasteiger partial charge in [-0.25, -0.2) is 5.06 Å². The van der Waals surface area contributed by atoms with E-state index in [1.807, 2.05) is 0 Å². The van der Waals surface area contributed by atoms with Crippen LogP contribution in [0, 0.1) is 19.3 Å². The third kappa shape index (κ3) is 3.93. The summed E-state index contributed by atoms with van der Waals surface area (Å²) >= 11 is 0. The van der Waals surface area contributed by atoms with Crippen molar-refractivity contribution in [1.29, 1.82) is 5.41 Å². The highest BCUT2D eigenvalue weighted by atomic mass is 16.7. The van der Waals surface area contributed by atoms with Gasteiger partial charge in [-0.05, 0) is 49.3 Å². The minimum absolute atomic E-state index is 0.107. The maximum absolute atomic E-state index is 12.5. The Morgan fingerprint density at radius 2 is 2.00 bits per heavy atom. The molecule has 8 nitrogen and oxygen atoms in total. The third-order valence-electron chi connectivity index (χ3n) is 5.06. The summed E-state index contributed by atoms with van der Waals surface area (Å²) < 4.78 is 5.32. The second-order valence-corrected chi connectivity index (χ2v) is 7.29. The maximum Gasteiger partial charge on any atom is 0.263 e. The zero-order valence-corrected chi connectivity index (χ0v) is 16.2. The van der Waals surface area contributed by atoms with Crippen molar-refractivity contribution >= 4 is 23.4 Å². The number of amides is 1. The highest BCUT2D eigenvalue weighted by Crippen LogP contribution is 2.41. The van der Waals surface area contributed by atoms with Crippen molar-refractivity contribution in [2.75, 3.05) is 31.7 Å². The number of hydrogen-bond acceptors (Lipinski definition) is 6. The van der Waals surface area contributed by atoms with Crippen LogP contribution in [0.4, 0.5) is 5.69 Å². The molecule has 3 aliphatic rings. The molecule has 0 bridgehead atoms. The lowest BCUT2D eigenvalue weighted by Crippen LogP contribution is -2.49. The first-order chi connectivity index (χ1) is 13.5. The summed E-state index contributed by atoms with van der Waals surface area (Å²) in [5, 5.41) is 15.6. The van der Waals surface area contributed by atoms with Gasteiger partial charge in [-0.15, -0.1) is 0 Å². The van der Waals surface area contributed by atoms with E-state index in [9.17, 15) is 4.79 Å². The van der Waals surface area contributed by atoms with E-state index in [0.717, 1.165) is 16.8 Å². The Kier molecular flexibility index (Phi) is 5.15. The number of carbonyl (C=O) groups is 1. The van der Waals surface area contributed by atoms with Crippen LogP contribution in [0.1, 0.15) is 35.4 Å². The van der Waals surface area contributed by atoms with Crippen molar-refractivity contribution in [2.24, 2.45) is 4.99 Å². The molecular weight excluding hydrogens is 358 g/mol. The van der Waals surface area contributed by atoms with Crippen molar-refractivity contribution in [2.45, 2.75) is 32.6 Å². The van der Waals surface area contributed by atoms with Crippen LogP contribution >= 0.6 is 0 Å². The number of carbonyl (C=O) groups excluding carboxylic acids is 1. The van der Waals surface area contributed by atoms with E-state index in [2.05, 4.69) is 41.6 Å². The normalized spacial score (nSPS) is 22.0. The molecule has 4 rings (SSSR count). The number of amidine groups is 1. The van der Waals surface area contributed by atoms with Crippen molar-refractivity contribution in [3.8, 4) is 0 Å². The van der Waals surface area contributed by atoms with Gasteiger partial charge in [0.15, 0.2) is 5.84 Å². The minimum Gasteiger partial charge on any atom is -0.377 e. The first-order valence-corrected chi connectivity index (χ1v) is 9.58. The SMILES string of the molecule is Cc1cc(C2CC2)cc(C)c1N/C=C1\C(=N)N=C(N2CCOCCO2)NC1=O. The van der Waals surface area contributed by atoms with E-state index in [-0.39, 0.29) is 23.3 Å². The molecule has 1 amide bonds. The lowest BCUT2D eigenvalue weighted by molar-refractivity contribution is -0.118. The molecule has 1 aromatic carbocycles. The molecule has 0 radical (unpaired) electrons. The lowest BCUT2D eigenvalue weighted by Gasteiger charge is -2.25. The zero-order valence-electron chi connectivity index (χ0n) is 16.2. The van der Waals surface area contributed by atoms with Gasteiger partial charge in [0.05, 0.1) is 31.9 Å². The topological polar surface area (TPSA) is 99.0 Å².